The fourth-order valence-electron chi connectivity index (χ4n) is 1.91. The third-order valence-corrected chi connectivity index (χ3v) is 3.12. The molecule has 1 aromatic heterocycles. The first-order valence-corrected chi connectivity index (χ1v) is 5.79. The van der Waals surface area contributed by atoms with Crippen molar-refractivity contribution in [1.29, 1.82) is 0 Å². The van der Waals surface area contributed by atoms with E-state index in [2.05, 4.69) is 10.1 Å². The number of aromatic amines is 1. The second-order valence-electron chi connectivity index (χ2n) is 4.30. The number of rotatable bonds is 2. The van der Waals surface area contributed by atoms with Crippen molar-refractivity contribution in [3.8, 4) is 11.6 Å². The third kappa shape index (κ3) is 2.09. The molecule has 0 amide bonds. The first-order valence-electron chi connectivity index (χ1n) is 5.79. The molecule has 0 aliphatic rings. The van der Waals surface area contributed by atoms with Gasteiger partial charge in [-0.3, -0.25) is 9.78 Å². The summed E-state index contributed by atoms with van der Waals surface area (Å²) >= 11 is 0. The minimum atomic E-state index is -0.827. The smallest absolute Gasteiger partial charge is 0.335 e. The number of H-pyrrole nitrogens is 1. The summed E-state index contributed by atoms with van der Waals surface area (Å²) in [4.78, 5) is 25.5. The van der Waals surface area contributed by atoms with Crippen LogP contribution >= 0.6 is 0 Å². The fraction of sp³-hybridized carbons (Fsp3) is 0.154. The summed E-state index contributed by atoms with van der Waals surface area (Å²) in [5.74, 6) is -0.578. The van der Waals surface area contributed by atoms with Gasteiger partial charge >= 0.3 is 5.69 Å². The van der Waals surface area contributed by atoms with E-state index in [1.807, 2.05) is 13.0 Å². The summed E-state index contributed by atoms with van der Waals surface area (Å²) in [5.41, 5.74) is 0.258. The number of hydrogen-bond donors (Lipinski definition) is 3. The molecular weight excluding hydrogens is 262 g/mol. The highest BCUT2D eigenvalue weighted by Crippen LogP contribution is 2.20. The van der Waals surface area contributed by atoms with E-state index in [9.17, 15) is 14.7 Å². The Bertz CT molecular complexity index is 802. The Morgan fingerprint density at radius 1 is 1.30 bits per heavy atom. The minimum absolute atomic E-state index is 0.298. The molecule has 0 fully saturated rings. The molecule has 2 aromatic rings. The standard InChI is InChI=1S/C13H13N3O4/c1-7-4-3-5-10(8(7)2)16-12(18)9(6-14-20)11(17)15-13(16)19/h3-6,18,20H,1-2H3,(H,15,17,19)/b14-6+. The summed E-state index contributed by atoms with van der Waals surface area (Å²) in [6.45, 7) is 3.66. The minimum Gasteiger partial charge on any atom is -0.493 e. The van der Waals surface area contributed by atoms with Crippen molar-refractivity contribution in [2.75, 3.05) is 0 Å². The number of hydrogen-bond acceptors (Lipinski definition) is 5. The van der Waals surface area contributed by atoms with E-state index in [4.69, 9.17) is 5.21 Å². The lowest BCUT2D eigenvalue weighted by atomic mass is 10.1. The van der Waals surface area contributed by atoms with Crippen molar-refractivity contribution in [1.82, 2.24) is 9.55 Å². The molecule has 20 heavy (non-hydrogen) atoms. The van der Waals surface area contributed by atoms with Gasteiger partial charge in [0, 0.05) is 0 Å². The van der Waals surface area contributed by atoms with Gasteiger partial charge in [0.1, 0.15) is 5.56 Å². The van der Waals surface area contributed by atoms with Gasteiger partial charge in [0.15, 0.2) is 0 Å². The molecule has 0 bridgehead atoms. The predicted octanol–water partition coefficient (Wildman–Crippen LogP) is 0.656. The maximum Gasteiger partial charge on any atom is 0.335 e. The zero-order chi connectivity index (χ0) is 14.9. The first kappa shape index (κ1) is 13.6. The Hall–Kier alpha value is -2.83. The number of benzene rings is 1. The molecule has 1 aromatic carbocycles. The fourth-order valence-corrected chi connectivity index (χ4v) is 1.91. The van der Waals surface area contributed by atoms with Gasteiger partial charge in [0.05, 0.1) is 11.9 Å². The molecule has 104 valence electrons. The molecule has 0 radical (unpaired) electrons. The number of aromatic nitrogens is 2. The van der Waals surface area contributed by atoms with Crippen LogP contribution in [0.25, 0.3) is 5.69 Å². The number of nitrogens with one attached hydrogen (secondary N) is 1. The third-order valence-electron chi connectivity index (χ3n) is 3.12. The number of aryl methyl sites for hydroxylation is 1. The molecule has 7 nitrogen and oxygen atoms in total. The van der Waals surface area contributed by atoms with Crippen molar-refractivity contribution in [2.45, 2.75) is 13.8 Å². The lowest BCUT2D eigenvalue weighted by molar-refractivity contribution is 0.321. The molecule has 0 saturated carbocycles. The largest absolute Gasteiger partial charge is 0.493 e. The van der Waals surface area contributed by atoms with Crippen LogP contribution in [-0.2, 0) is 0 Å². The van der Waals surface area contributed by atoms with Gasteiger partial charge in [-0.25, -0.2) is 9.36 Å². The van der Waals surface area contributed by atoms with Crippen molar-refractivity contribution >= 4 is 6.21 Å². The topological polar surface area (TPSA) is 108 Å². The van der Waals surface area contributed by atoms with E-state index in [1.54, 1.807) is 19.1 Å². The van der Waals surface area contributed by atoms with Crippen LogP contribution in [0.2, 0.25) is 0 Å². The lowest BCUT2D eigenvalue weighted by Gasteiger charge is -2.13. The molecule has 7 heteroatoms. The average molecular weight is 275 g/mol. The molecule has 3 N–H and O–H groups in total. The van der Waals surface area contributed by atoms with E-state index >= 15 is 0 Å². The van der Waals surface area contributed by atoms with Crippen LogP contribution in [0.3, 0.4) is 0 Å². The Balaban J connectivity index is 2.88. The van der Waals surface area contributed by atoms with E-state index in [0.29, 0.717) is 5.69 Å². The van der Waals surface area contributed by atoms with Gasteiger partial charge in [0.2, 0.25) is 5.88 Å². The quantitative estimate of drug-likeness (QED) is 0.425. The Labute approximate surface area is 113 Å². The molecule has 0 spiro atoms. The van der Waals surface area contributed by atoms with Gasteiger partial charge in [0.25, 0.3) is 5.56 Å². The molecule has 0 unspecified atom stereocenters. The summed E-state index contributed by atoms with van der Waals surface area (Å²) in [5, 5.41) is 21.3. The lowest BCUT2D eigenvalue weighted by Crippen LogP contribution is -2.31. The molecule has 0 atom stereocenters. The zero-order valence-corrected chi connectivity index (χ0v) is 10.9. The van der Waals surface area contributed by atoms with Crippen LogP contribution in [0, 0.1) is 13.8 Å². The summed E-state index contributed by atoms with van der Waals surface area (Å²) in [7, 11) is 0. The first-order chi connectivity index (χ1) is 9.47. The summed E-state index contributed by atoms with van der Waals surface area (Å²) in [6.07, 6.45) is 0.773. The molecule has 1 heterocycles. The second-order valence-corrected chi connectivity index (χ2v) is 4.30. The Morgan fingerprint density at radius 2 is 2.00 bits per heavy atom. The van der Waals surface area contributed by atoms with Crippen LogP contribution in [0.1, 0.15) is 16.7 Å². The van der Waals surface area contributed by atoms with Gasteiger partial charge in [-0.05, 0) is 31.0 Å². The van der Waals surface area contributed by atoms with E-state index in [0.717, 1.165) is 21.9 Å². The normalized spacial score (nSPS) is 11.1. The maximum atomic E-state index is 11.9. The van der Waals surface area contributed by atoms with E-state index in [-0.39, 0.29) is 5.56 Å². The second kappa shape index (κ2) is 5.04. The van der Waals surface area contributed by atoms with Gasteiger partial charge in [-0.15, -0.1) is 0 Å². The summed E-state index contributed by atoms with van der Waals surface area (Å²) < 4.78 is 0.959. The SMILES string of the molecule is Cc1cccc(-n2c(O)c(/C=N/O)c(=O)[nH]c2=O)c1C. The monoisotopic (exact) mass is 275 g/mol. The Kier molecular flexibility index (Phi) is 3.43. The van der Waals surface area contributed by atoms with Crippen LogP contribution < -0.4 is 11.2 Å². The zero-order valence-electron chi connectivity index (χ0n) is 10.9. The number of oxime groups is 1. The van der Waals surface area contributed by atoms with Crippen LogP contribution in [0.4, 0.5) is 0 Å². The van der Waals surface area contributed by atoms with Gasteiger partial charge in [-0.2, -0.15) is 0 Å². The highest BCUT2D eigenvalue weighted by atomic mass is 16.4. The Morgan fingerprint density at radius 3 is 2.65 bits per heavy atom. The van der Waals surface area contributed by atoms with Crippen LogP contribution in [-0.4, -0.2) is 26.1 Å². The number of aromatic hydroxyl groups is 1. The van der Waals surface area contributed by atoms with Gasteiger partial charge < -0.3 is 10.3 Å². The molecule has 0 saturated heterocycles. The van der Waals surface area contributed by atoms with Crippen molar-refractivity contribution in [3.63, 3.8) is 0 Å². The molecule has 0 aliphatic carbocycles. The van der Waals surface area contributed by atoms with Crippen molar-refractivity contribution < 1.29 is 10.3 Å². The maximum absolute atomic E-state index is 11.9. The van der Waals surface area contributed by atoms with E-state index in [1.165, 1.54) is 0 Å². The summed E-state index contributed by atoms with van der Waals surface area (Å²) in [6, 6.07) is 5.23. The predicted molar refractivity (Wildman–Crippen MR) is 73.2 cm³/mol. The van der Waals surface area contributed by atoms with Crippen LogP contribution in [0.15, 0.2) is 32.9 Å². The molecule has 2 rings (SSSR count). The average Bonchev–Trinajstić information content (AvgIpc) is 2.39. The highest BCUT2D eigenvalue weighted by molar-refractivity contribution is 5.81. The van der Waals surface area contributed by atoms with Crippen molar-refractivity contribution in [3.05, 3.63) is 55.7 Å². The van der Waals surface area contributed by atoms with Crippen LogP contribution in [0.5, 0.6) is 5.88 Å². The number of nitrogens with zero attached hydrogens (tertiary/aromatic N) is 2. The van der Waals surface area contributed by atoms with Crippen molar-refractivity contribution in [2.24, 2.45) is 5.16 Å². The molecule has 0 aliphatic heterocycles. The van der Waals surface area contributed by atoms with Gasteiger partial charge in [-0.1, -0.05) is 17.3 Å². The molecular formula is C13H13N3O4. The highest BCUT2D eigenvalue weighted by Gasteiger charge is 2.16. The van der Waals surface area contributed by atoms with E-state index < -0.39 is 17.1 Å².